The lowest BCUT2D eigenvalue weighted by Crippen LogP contribution is -2.29. The molecule has 0 radical (unpaired) electrons. The molecule has 0 aromatic heterocycles. The van der Waals surface area contributed by atoms with E-state index in [1.807, 2.05) is 0 Å². The minimum absolute atomic E-state index is 0.269. The van der Waals surface area contributed by atoms with Gasteiger partial charge >= 0.3 is 0 Å². The number of hydrogen-bond donors (Lipinski definition) is 2. The second-order valence-electron chi connectivity index (χ2n) is 6.01. The van der Waals surface area contributed by atoms with E-state index in [9.17, 15) is 5.11 Å². The van der Waals surface area contributed by atoms with Crippen molar-refractivity contribution in [2.45, 2.75) is 39.2 Å². The zero-order valence-corrected chi connectivity index (χ0v) is 12.9. The number of hydrogen-bond acceptors (Lipinski definition) is 3. The number of rotatable bonds is 6. The van der Waals surface area contributed by atoms with Gasteiger partial charge in [-0.15, -0.1) is 0 Å². The molecule has 1 saturated carbocycles. The van der Waals surface area contributed by atoms with Gasteiger partial charge in [-0.2, -0.15) is 0 Å². The SMILES string of the molecule is COc1cc(C)ccc1C(C)NCC1CCCC1CO. The summed E-state index contributed by atoms with van der Waals surface area (Å²) in [6.07, 6.45) is 3.65. The van der Waals surface area contributed by atoms with Crippen molar-refractivity contribution >= 4 is 0 Å². The standard InChI is InChI=1S/C17H27NO2/c1-12-7-8-16(17(9-12)20-3)13(2)18-10-14-5-4-6-15(14)11-19/h7-9,13-15,18-19H,4-6,10-11H2,1-3H3. The molecule has 1 aliphatic carbocycles. The molecule has 20 heavy (non-hydrogen) atoms. The highest BCUT2D eigenvalue weighted by atomic mass is 16.5. The van der Waals surface area contributed by atoms with Crippen LogP contribution in [0.3, 0.4) is 0 Å². The van der Waals surface area contributed by atoms with Crippen LogP contribution in [0.1, 0.15) is 43.4 Å². The van der Waals surface area contributed by atoms with Gasteiger partial charge in [0.25, 0.3) is 0 Å². The smallest absolute Gasteiger partial charge is 0.123 e. The van der Waals surface area contributed by atoms with Crippen LogP contribution in [0.15, 0.2) is 18.2 Å². The van der Waals surface area contributed by atoms with E-state index < -0.39 is 0 Å². The maximum absolute atomic E-state index is 9.38. The van der Waals surface area contributed by atoms with Gasteiger partial charge < -0.3 is 15.2 Å². The van der Waals surface area contributed by atoms with E-state index in [1.165, 1.54) is 30.4 Å². The Bertz CT molecular complexity index is 433. The van der Waals surface area contributed by atoms with E-state index in [0.29, 0.717) is 18.4 Å². The largest absolute Gasteiger partial charge is 0.496 e. The van der Waals surface area contributed by atoms with Crippen molar-refractivity contribution in [3.8, 4) is 5.75 Å². The van der Waals surface area contributed by atoms with Gasteiger partial charge in [0, 0.05) is 18.2 Å². The van der Waals surface area contributed by atoms with Crippen LogP contribution in [0.2, 0.25) is 0 Å². The summed E-state index contributed by atoms with van der Waals surface area (Å²) in [5.74, 6) is 2.05. The van der Waals surface area contributed by atoms with Crippen LogP contribution in [0.5, 0.6) is 5.75 Å². The number of aryl methyl sites for hydroxylation is 1. The monoisotopic (exact) mass is 277 g/mol. The number of aliphatic hydroxyl groups excluding tert-OH is 1. The third-order valence-electron chi connectivity index (χ3n) is 4.59. The van der Waals surface area contributed by atoms with Gasteiger partial charge in [-0.05, 0) is 56.7 Å². The molecule has 1 aromatic carbocycles. The molecular formula is C17H27NO2. The summed E-state index contributed by atoms with van der Waals surface area (Å²) in [5, 5.41) is 13.0. The van der Waals surface area contributed by atoms with Crippen molar-refractivity contribution in [1.82, 2.24) is 5.32 Å². The van der Waals surface area contributed by atoms with Crippen LogP contribution in [-0.4, -0.2) is 25.4 Å². The third kappa shape index (κ3) is 3.53. The summed E-state index contributed by atoms with van der Waals surface area (Å²) in [6, 6.07) is 6.62. The fourth-order valence-electron chi connectivity index (χ4n) is 3.24. The van der Waals surface area contributed by atoms with E-state index in [0.717, 1.165) is 12.3 Å². The highest BCUT2D eigenvalue weighted by Gasteiger charge is 2.26. The van der Waals surface area contributed by atoms with Crippen LogP contribution >= 0.6 is 0 Å². The van der Waals surface area contributed by atoms with Crippen molar-refractivity contribution in [3.05, 3.63) is 29.3 Å². The maximum Gasteiger partial charge on any atom is 0.123 e. The lowest BCUT2D eigenvalue weighted by atomic mass is 9.96. The van der Waals surface area contributed by atoms with Gasteiger partial charge in [0.05, 0.1) is 7.11 Å². The molecule has 0 bridgehead atoms. The van der Waals surface area contributed by atoms with E-state index in [-0.39, 0.29) is 6.04 Å². The highest BCUT2D eigenvalue weighted by molar-refractivity contribution is 5.39. The van der Waals surface area contributed by atoms with Gasteiger partial charge in [0.1, 0.15) is 5.75 Å². The number of ether oxygens (including phenoxy) is 1. The summed E-state index contributed by atoms with van der Waals surface area (Å²) in [5.41, 5.74) is 2.42. The Balaban J connectivity index is 1.96. The first-order valence-corrected chi connectivity index (χ1v) is 7.64. The molecule has 0 heterocycles. The first-order chi connectivity index (χ1) is 9.65. The number of nitrogens with one attached hydrogen (secondary N) is 1. The minimum Gasteiger partial charge on any atom is -0.496 e. The molecule has 112 valence electrons. The summed E-state index contributed by atoms with van der Waals surface area (Å²) < 4.78 is 5.48. The lowest BCUT2D eigenvalue weighted by molar-refractivity contribution is 0.190. The van der Waals surface area contributed by atoms with Gasteiger partial charge in [-0.1, -0.05) is 18.6 Å². The topological polar surface area (TPSA) is 41.5 Å². The highest BCUT2D eigenvalue weighted by Crippen LogP contribution is 2.32. The Morgan fingerprint density at radius 3 is 2.80 bits per heavy atom. The van der Waals surface area contributed by atoms with Crippen molar-refractivity contribution < 1.29 is 9.84 Å². The number of methoxy groups -OCH3 is 1. The normalized spacial score (nSPS) is 23.8. The first-order valence-electron chi connectivity index (χ1n) is 7.64. The zero-order chi connectivity index (χ0) is 14.5. The molecule has 2 rings (SSSR count). The molecule has 1 aliphatic rings. The average Bonchev–Trinajstić information content (AvgIpc) is 2.92. The average molecular weight is 277 g/mol. The second-order valence-corrected chi connectivity index (χ2v) is 6.01. The Hall–Kier alpha value is -1.06. The maximum atomic E-state index is 9.38. The second kappa shape index (κ2) is 7.09. The van der Waals surface area contributed by atoms with Crippen molar-refractivity contribution in [1.29, 1.82) is 0 Å². The zero-order valence-electron chi connectivity index (χ0n) is 12.9. The van der Waals surface area contributed by atoms with E-state index in [1.54, 1.807) is 7.11 Å². The first kappa shape index (κ1) is 15.3. The van der Waals surface area contributed by atoms with Crippen molar-refractivity contribution in [2.24, 2.45) is 11.8 Å². The third-order valence-corrected chi connectivity index (χ3v) is 4.59. The predicted molar refractivity (Wildman–Crippen MR) is 82.1 cm³/mol. The van der Waals surface area contributed by atoms with E-state index >= 15 is 0 Å². The van der Waals surface area contributed by atoms with Crippen LogP contribution in [-0.2, 0) is 0 Å². The lowest BCUT2D eigenvalue weighted by Gasteiger charge is -2.22. The number of aliphatic hydroxyl groups is 1. The molecular weight excluding hydrogens is 250 g/mol. The molecule has 0 amide bonds. The van der Waals surface area contributed by atoms with Crippen LogP contribution in [0.4, 0.5) is 0 Å². The van der Waals surface area contributed by atoms with Crippen molar-refractivity contribution in [3.63, 3.8) is 0 Å². The predicted octanol–water partition coefficient (Wildman–Crippen LogP) is 3.06. The Labute approximate surface area is 122 Å². The summed E-state index contributed by atoms with van der Waals surface area (Å²) >= 11 is 0. The minimum atomic E-state index is 0.269. The summed E-state index contributed by atoms with van der Waals surface area (Å²) in [4.78, 5) is 0. The van der Waals surface area contributed by atoms with E-state index in [4.69, 9.17) is 4.74 Å². The number of benzene rings is 1. The quantitative estimate of drug-likeness (QED) is 0.839. The fraction of sp³-hybridized carbons (Fsp3) is 0.647. The molecule has 0 spiro atoms. The molecule has 3 unspecified atom stereocenters. The van der Waals surface area contributed by atoms with Crippen molar-refractivity contribution in [2.75, 3.05) is 20.3 Å². The molecule has 3 atom stereocenters. The van der Waals surface area contributed by atoms with Crippen LogP contribution in [0.25, 0.3) is 0 Å². The molecule has 2 N–H and O–H groups in total. The van der Waals surface area contributed by atoms with Gasteiger partial charge in [-0.3, -0.25) is 0 Å². The van der Waals surface area contributed by atoms with Crippen LogP contribution in [0, 0.1) is 18.8 Å². The Morgan fingerprint density at radius 2 is 2.10 bits per heavy atom. The van der Waals surface area contributed by atoms with Gasteiger partial charge in [0.2, 0.25) is 0 Å². The van der Waals surface area contributed by atoms with E-state index in [2.05, 4.69) is 37.4 Å². The molecule has 1 aromatic rings. The Kier molecular flexibility index (Phi) is 5.44. The fourth-order valence-corrected chi connectivity index (χ4v) is 3.24. The molecule has 3 heteroatoms. The van der Waals surface area contributed by atoms with Crippen LogP contribution < -0.4 is 10.1 Å². The van der Waals surface area contributed by atoms with Gasteiger partial charge in [-0.25, -0.2) is 0 Å². The molecule has 3 nitrogen and oxygen atoms in total. The summed E-state index contributed by atoms with van der Waals surface area (Å²) in [6.45, 7) is 5.56. The molecule has 1 fully saturated rings. The Morgan fingerprint density at radius 1 is 1.35 bits per heavy atom. The van der Waals surface area contributed by atoms with Gasteiger partial charge in [0.15, 0.2) is 0 Å². The molecule has 0 aliphatic heterocycles. The summed E-state index contributed by atoms with van der Waals surface area (Å²) in [7, 11) is 1.73. The molecule has 0 saturated heterocycles.